The van der Waals surface area contributed by atoms with Gasteiger partial charge in [-0.1, -0.05) is 73.7 Å². The van der Waals surface area contributed by atoms with Crippen molar-refractivity contribution in [1.82, 2.24) is 15.1 Å². The Hall–Kier alpha value is -5.54. The third-order valence-corrected chi connectivity index (χ3v) is 10.6. The average molecular weight is 697 g/mol. The van der Waals surface area contributed by atoms with Crippen molar-refractivity contribution in [3.05, 3.63) is 130 Å². The molecule has 7 rings (SSSR count). The molecule has 1 unspecified atom stereocenters. The molecule has 2 saturated heterocycles. The van der Waals surface area contributed by atoms with Gasteiger partial charge in [0.05, 0.1) is 11.1 Å². The highest BCUT2D eigenvalue weighted by Gasteiger charge is 2.44. The van der Waals surface area contributed by atoms with Crippen LogP contribution in [0.5, 0.6) is 5.75 Å². The number of allylic oxidation sites excluding steroid dienone is 1. The van der Waals surface area contributed by atoms with E-state index in [4.69, 9.17) is 0 Å². The molecule has 3 aliphatic rings. The Morgan fingerprint density at radius 3 is 2.13 bits per heavy atom. The molecule has 0 bridgehead atoms. The first-order chi connectivity index (χ1) is 25.3. The maximum atomic E-state index is 13.2. The van der Waals surface area contributed by atoms with Gasteiger partial charge in [0.25, 0.3) is 11.8 Å². The van der Waals surface area contributed by atoms with Gasteiger partial charge in [-0.15, -0.1) is 0 Å². The summed E-state index contributed by atoms with van der Waals surface area (Å²) in [7, 11) is 0. The van der Waals surface area contributed by atoms with Crippen molar-refractivity contribution in [3.63, 3.8) is 0 Å². The van der Waals surface area contributed by atoms with E-state index >= 15 is 0 Å². The van der Waals surface area contributed by atoms with E-state index in [0.29, 0.717) is 5.92 Å². The summed E-state index contributed by atoms with van der Waals surface area (Å²) in [5.41, 5.74) is 8.62. The van der Waals surface area contributed by atoms with Crippen LogP contribution in [0.4, 0.5) is 5.69 Å². The fourth-order valence-corrected chi connectivity index (χ4v) is 7.84. The topological polar surface area (TPSA) is 119 Å². The molecule has 9 heteroatoms. The van der Waals surface area contributed by atoms with Gasteiger partial charge in [-0.05, 0) is 121 Å². The number of phenols is 1. The molecule has 0 spiro atoms. The summed E-state index contributed by atoms with van der Waals surface area (Å²) in [5, 5.41) is 15.6. The van der Waals surface area contributed by atoms with E-state index in [1.54, 1.807) is 30.3 Å². The second-order valence-corrected chi connectivity index (χ2v) is 13.8. The molecule has 2 fully saturated rings. The maximum absolute atomic E-state index is 13.2. The van der Waals surface area contributed by atoms with Gasteiger partial charge in [0, 0.05) is 18.7 Å². The molecule has 266 valence electrons. The zero-order valence-electron chi connectivity index (χ0n) is 29.4. The lowest BCUT2D eigenvalue weighted by molar-refractivity contribution is -0.136. The number of aromatic hydroxyl groups is 1. The number of amides is 4. The summed E-state index contributed by atoms with van der Waals surface area (Å²) in [6.45, 7) is 5.94. The van der Waals surface area contributed by atoms with Crippen LogP contribution in [0.2, 0.25) is 0 Å². The highest BCUT2D eigenvalue weighted by Crippen LogP contribution is 2.37. The third-order valence-electron chi connectivity index (χ3n) is 10.6. The highest BCUT2D eigenvalue weighted by atomic mass is 16.3. The molecule has 0 saturated carbocycles. The molecule has 3 aliphatic heterocycles. The van der Waals surface area contributed by atoms with Crippen LogP contribution in [0, 0.1) is 0 Å². The minimum absolute atomic E-state index is 0.0956. The Morgan fingerprint density at radius 2 is 1.46 bits per heavy atom. The number of anilines is 1. The number of nitrogens with zero attached hydrogens (tertiary/aromatic N) is 2. The van der Waals surface area contributed by atoms with Gasteiger partial charge in [0.15, 0.2) is 0 Å². The average Bonchev–Trinajstić information content (AvgIpc) is 3.41. The van der Waals surface area contributed by atoms with Crippen LogP contribution in [0.1, 0.15) is 94.3 Å². The lowest BCUT2D eigenvalue weighted by atomic mass is 9.85. The van der Waals surface area contributed by atoms with Crippen molar-refractivity contribution in [2.24, 2.45) is 0 Å². The van der Waals surface area contributed by atoms with Gasteiger partial charge >= 0.3 is 0 Å². The minimum atomic E-state index is -0.967. The van der Waals surface area contributed by atoms with E-state index in [1.165, 1.54) is 27.8 Å². The number of benzene rings is 4. The van der Waals surface area contributed by atoms with Crippen LogP contribution in [0.3, 0.4) is 0 Å². The Balaban J connectivity index is 0.923. The summed E-state index contributed by atoms with van der Waals surface area (Å²) >= 11 is 0. The number of hydrogen-bond donors (Lipinski definition) is 3. The van der Waals surface area contributed by atoms with Crippen LogP contribution in [0.15, 0.2) is 97.1 Å². The molecule has 52 heavy (non-hydrogen) atoms. The number of fused-ring (bicyclic) bond motifs is 1. The summed E-state index contributed by atoms with van der Waals surface area (Å²) in [6.07, 6.45) is 4.25. The van der Waals surface area contributed by atoms with Crippen molar-refractivity contribution in [2.75, 3.05) is 31.5 Å². The number of carbonyl (C=O) groups is 4. The summed E-state index contributed by atoms with van der Waals surface area (Å²) in [6, 6.07) is 31.3. The number of hydrogen-bond acceptors (Lipinski definition) is 7. The number of carbonyl (C=O) groups excluding carboxylic acids is 4. The zero-order chi connectivity index (χ0) is 36.2. The van der Waals surface area contributed by atoms with Crippen LogP contribution in [-0.2, 0) is 9.59 Å². The second kappa shape index (κ2) is 15.4. The predicted molar refractivity (Wildman–Crippen MR) is 202 cm³/mol. The predicted octanol–water partition coefficient (Wildman–Crippen LogP) is 6.84. The smallest absolute Gasteiger partial charge is 0.262 e. The van der Waals surface area contributed by atoms with Crippen LogP contribution in [-0.4, -0.2) is 70.8 Å². The van der Waals surface area contributed by atoms with Gasteiger partial charge < -0.3 is 15.3 Å². The summed E-state index contributed by atoms with van der Waals surface area (Å²) in [4.78, 5) is 53.6. The number of phenolic OH excluding ortho intramolecular Hbond substituents is 1. The van der Waals surface area contributed by atoms with Gasteiger partial charge in [-0.3, -0.25) is 29.4 Å². The first kappa shape index (κ1) is 34.9. The van der Waals surface area contributed by atoms with Crippen molar-refractivity contribution in [3.8, 4) is 5.75 Å². The fraction of sp³-hybridized carbons (Fsp3) is 0.302. The Morgan fingerprint density at radius 1 is 0.788 bits per heavy atom. The van der Waals surface area contributed by atoms with Crippen molar-refractivity contribution < 1.29 is 24.3 Å². The zero-order valence-corrected chi connectivity index (χ0v) is 29.4. The third kappa shape index (κ3) is 7.27. The summed E-state index contributed by atoms with van der Waals surface area (Å²) < 4.78 is 0. The van der Waals surface area contributed by atoms with Crippen molar-refractivity contribution in [2.45, 2.75) is 57.4 Å². The molecule has 0 aliphatic carbocycles. The van der Waals surface area contributed by atoms with Crippen LogP contribution >= 0.6 is 0 Å². The summed E-state index contributed by atoms with van der Waals surface area (Å²) in [5.74, 6) is -1.22. The quantitative estimate of drug-likeness (QED) is 0.0893. The van der Waals surface area contributed by atoms with Crippen LogP contribution in [0.25, 0.3) is 11.1 Å². The molecule has 9 nitrogen and oxygen atoms in total. The molecule has 3 heterocycles. The molecule has 0 radical (unpaired) electrons. The maximum Gasteiger partial charge on any atom is 0.262 e. The molecular formula is C43H44N4O5. The monoisotopic (exact) mass is 696 g/mol. The second-order valence-electron chi connectivity index (χ2n) is 13.8. The van der Waals surface area contributed by atoms with Crippen LogP contribution < -0.4 is 10.6 Å². The molecule has 3 N–H and O–H groups in total. The largest absolute Gasteiger partial charge is 0.508 e. The molecular weight excluding hydrogens is 652 g/mol. The molecule has 1 atom stereocenters. The number of nitrogens with one attached hydrogen (secondary N) is 2. The van der Waals surface area contributed by atoms with Gasteiger partial charge in [0.2, 0.25) is 11.8 Å². The lowest BCUT2D eigenvalue weighted by Crippen LogP contribution is -2.54. The van der Waals surface area contributed by atoms with Gasteiger partial charge in [0.1, 0.15) is 11.8 Å². The van der Waals surface area contributed by atoms with E-state index in [0.717, 1.165) is 68.0 Å². The number of piperidine rings is 2. The SMILES string of the molecule is CC/C(=C(\c1ccc(O)cc1)c1ccc(C2CCN(CCCNc3ccc4c(c3)C(=O)N(C3CCC(=O)NC3=O)C4=O)CC2)cc1)c1ccccc1. The minimum Gasteiger partial charge on any atom is -0.508 e. The lowest BCUT2D eigenvalue weighted by Gasteiger charge is -2.32. The molecule has 4 aromatic rings. The highest BCUT2D eigenvalue weighted by molar-refractivity contribution is 6.23. The van der Waals surface area contributed by atoms with E-state index in [9.17, 15) is 24.3 Å². The Kier molecular flexibility index (Phi) is 10.3. The Bertz CT molecular complexity index is 2000. The van der Waals surface area contributed by atoms with E-state index in [1.807, 2.05) is 18.2 Å². The van der Waals surface area contributed by atoms with Crippen molar-refractivity contribution >= 4 is 40.5 Å². The van der Waals surface area contributed by atoms with E-state index in [-0.39, 0.29) is 35.6 Å². The number of rotatable bonds is 11. The van der Waals surface area contributed by atoms with Crippen molar-refractivity contribution in [1.29, 1.82) is 0 Å². The Labute approximate surface area is 304 Å². The first-order valence-corrected chi connectivity index (χ1v) is 18.3. The van der Waals surface area contributed by atoms with E-state index < -0.39 is 23.8 Å². The molecule has 0 aromatic heterocycles. The van der Waals surface area contributed by atoms with Gasteiger partial charge in [-0.25, -0.2) is 0 Å². The number of imide groups is 2. The standard InChI is InChI=1S/C43H44N4O5/c1-2-35(30-7-4-3-5-8-30)40(32-13-16-34(48)17-14-32)31-11-9-28(10-12-31)29-21-25-46(26-22-29)24-6-23-44-33-15-18-36-37(27-33)43(52)47(42(36)51)38-19-20-39(49)45-41(38)50/h3-5,7-18,27,29,38,44,48H,2,6,19-26H2,1H3,(H,45,49,50)/b40-35+. The molecule has 4 amide bonds. The first-order valence-electron chi connectivity index (χ1n) is 18.3. The van der Waals surface area contributed by atoms with Gasteiger partial charge in [-0.2, -0.15) is 0 Å². The normalized spacial score (nSPS) is 18.6. The fourth-order valence-electron chi connectivity index (χ4n) is 7.84. The number of likely N-dealkylation sites (tertiary alicyclic amines) is 1. The molecule has 4 aromatic carbocycles. The van der Waals surface area contributed by atoms with E-state index in [2.05, 4.69) is 71.0 Å².